The summed E-state index contributed by atoms with van der Waals surface area (Å²) in [6.07, 6.45) is 0.834. The van der Waals surface area contributed by atoms with Crippen LogP contribution in [-0.4, -0.2) is 40.4 Å². The van der Waals surface area contributed by atoms with Crippen LogP contribution in [0.15, 0.2) is 54.6 Å². The molecule has 0 spiro atoms. The van der Waals surface area contributed by atoms with E-state index in [0.717, 1.165) is 23.2 Å². The number of nitrogens with one attached hydrogen (secondary N) is 1. The van der Waals surface area contributed by atoms with E-state index in [1.807, 2.05) is 73.5 Å². The molecule has 0 radical (unpaired) electrons. The number of carbonyl (C=O) groups is 1. The van der Waals surface area contributed by atoms with Crippen molar-refractivity contribution in [3.05, 3.63) is 60.2 Å². The zero-order valence-electron chi connectivity index (χ0n) is 19.5. The molecule has 1 N–H and O–H groups in total. The van der Waals surface area contributed by atoms with E-state index in [1.165, 1.54) is 0 Å². The molecule has 0 fully saturated rings. The summed E-state index contributed by atoms with van der Waals surface area (Å²) in [5.74, 6) is 1.79. The van der Waals surface area contributed by atoms with Crippen LogP contribution in [-0.2, 0) is 13.6 Å². The predicted octanol–water partition coefficient (Wildman–Crippen LogP) is 5.22. The minimum Gasteiger partial charge on any atom is -0.493 e. The van der Waals surface area contributed by atoms with Gasteiger partial charge in [0, 0.05) is 25.2 Å². The maximum atomic E-state index is 12.9. The lowest BCUT2D eigenvalue weighted by Gasteiger charge is -2.29. The van der Waals surface area contributed by atoms with Crippen LogP contribution in [0.1, 0.15) is 32.8 Å². The molecule has 1 atom stereocenters. The van der Waals surface area contributed by atoms with Gasteiger partial charge in [0.1, 0.15) is 5.69 Å². The summed E-state index contributed by atoms with van der Waals surface area (Å²) in [5.41, 5.74) is 2.60. The molecule has 1 aromatic heterocycles. The first kappa shape index (κ1) is 23.2. The monoisotopic (exact) mass is 436 g/mol. The fraction of sp³-hybridized carbons (Fsp3) is 0.360. The van der Waals surface area contributed by atoms with Gasteiger partial charge in [-0.05, 0) is 32.4 Å². The van der Waals surface area contributed by atoms with E-state index >= 15 is 0 Å². The second kappa shape index (κ2) is 10.7. The molecular formula is C25H32N4O3. The fourth-order valence-electron chi connectivity index (χ4n) is 3.53. The number of ether oxygens (including phenoxy) is 2. The summed E-state index contributed by atoms with van der Waals surface area (Å²) in [5, 5.41) is 7.70. The van der Waals surface area contributed by atoms with Crippen LogP contribution >= 0.6 is 0 Å². The van der Waals surface area contributed by atoms with Crippen molar-refractivity contribution in [2.24, 2.45) is 7.05 Å². The number of amides is 2. The molecule has 0 aliphatic carbocycles. The third kappa shape index (κ3) is 5.04. The molecule has 0 saturated heterocycles. The van der Waals surface area contributed by atoms with Crippen LogP contribution in [0.25, 0.3) is 11.3 Å². The third-order valence-corrected chi connectivity index (χ3v) is 5.45. The number of rotatable bonds is 9. The summed E-state index contributed by atoms with van der Waals surface area (Å²) in [4.78, 5) is 14.7. The molecule has 170 valence electrons. The van der Waals surface area contributed by atoms with Crippen molar-refractivity contribution >= 4 is 6.03 Å². The van der Waals surface area contributed by atoms with Gasteiger partial charge in [-0.25, -0.2) is 9.48 Å². The molecule has 0 unspecified atom stereocenters. The summed E-state index contributed by atoms with van der Waals surface area (Å²) in [6, 6.07) is 17.4. The van der Waals surface area contributed by atoms with Gasteiger partial charge in [0.15, 0.2) is 11.5 Å². The van der Waals surface area contributed by atoms with Gasteiger partial charge in [0.25, 0.3) is 0 Å². The normalized spacial score (nSPS) is 11.7. The minimum absolute atomic E-state index is 0.0458. The summed E-state index contributed by atoms with van der Waals surface area (Å²) < 4.78 is 13.5. The van der Waals surface area contributed by atoms with E-state index in [9.17, 15) is 4.79 Å². The molecule has 32 heavy (non-hydrogen) atoms. The number of urea groups is 1. The van der Waals surface area contributed by atoms with Gasteiger partial charge in [-0.2, -0.15) is 5.10 Å². The number of hydrogen-bond donors (Lipinski definition) is 1. The molecular weight excluding hydrogens is 404 g/mol. The van der Waals surface area contributed by atoms with Gasteiger partial charge >= 0.3 is 6.03 Å². The molecule has 2 amide bonds. The zero-order chi connectivity index (χ0) is 23.1. The Bertz CT molecular complexity index is 1030. The van der Waals surface area contributed by atoms with Crippen LogP contribution < -0.4 is 14.8 Å². The Hall–Kier alpha value is -3.48. The Kier molecular flexibility index (Phi) is 7.76. The van der Waals surface area contributed by atoms with Crippen molar-refractivity contribution in [3.8, 4) is 28.6 Å². The van der Waals surface area contributed by atoms with E-state index in [1.54, 1.807) is 11.8 Å². The van der Waals surface area contributed by atoms with Crippen LogP contribution in [0, 0.1) is 0 Å². The maximum Gasteiger partial charge on any atom is 0.317 e. The number of aryl methyl sites for hydroxylation is 1. The lowest BCUT2D eigenvalue weighted by molar-refractivity contribution is 0.173. The average Bonchev–Trinajstić information content (AvgIpc) is 3.12. The van der Waals surface area contributed by atoms with Crippen LogP contribution in [0.4, 0.5) is 4.79 Å². The Labute approximate surface area is 190 Å². The van der Waals surface area contributed by atoms with E-state index < -0.39 is 0 Å². The molecule has 3 aromatic rings. The summed E-state index contributed by atoms with van der Waals surface area (Å²) in [7, 11) is 3.46. The van der Waals surface area contributed by atoms with Crippen molar-refractivity contribution in [3.63, 3.8) is 0 Å². The quantitative estimate of drug-likeness (QED) is 0.499. The summed E-state index contributed by atoms with van der Waals surface area (Å²) in [6.45, 7) is 6.97. The first-order valence-corrected chi connectivity index (χ1v) is 11.0. The minimum atomic E-state index is -0.104. The molecule has 0 aliphatic heterocycles. The second-order valence-electron chi connectivity index (χ2n) is 7.60. The molecule has 3 rings (SSSR count). The number of aromatic nitrogens is 2. The highest BCUT2D eigenvalue weighted by Gasteiger charge is 2.27. The molecule has 1 heterocycles. The number of nitrogens with zero attached hydrogens (tertiary/aromatic N) is 3. The molecule has 7 heteroatoms. The predicted molar refractivity (Wildman–Crippen MR) is 126 cm³/mol. The van der Waals surface area contributed by atoms with Crippen molar-refractivity contribution in [2.75, 3.05) is 13.7 Å². The second-order valence-corrected chi connectivity index (χ2v) is 7.60. The highest BCUT2D eigenvalue weighted by molar-refractivity contribution is 5.75. The number of benzene rings is 2. The number of hydrogen-bond acceptors (Lipinski definition) is 4. The fourth-order valence-corrected chi connectivity index (χ4v) is 3.53. The Morgan fingerprint density at radius 1 is 1.09 bits per heavy atom. The van der Waals surface area contributed by atoms with Gasteiger partial charge in [0.2, 0.25) is 5.88 Å². The van der Waals surface area contributed by atoms with Crippen molar-refractivity contribution in [2.45, 2.75) is 39.8 Å². The van der Waals surface area contributed by atoms with Gasteiger partial charge in [-0.1, -0.05) is 49.4 Å². The number of carbonyl (C=O) groups excluding carboxylic acids is 1. The average molecular weight is 437 g/mol. The van der Waals surface area contributed by atoms with Crippen LogP contribution in [0.5, 0.6) is 17.4 Å². The Morgan fingerprint density at radius 3 is 2.38 bits per heavy atom. The standard InChI is InChI=1S/C25H32N4O3/c1-6-18(3)29(25(30)26-7-2)17-20-23(19-13-9-8-10-14-19)27-28(4)24(20)32-22-16-12-11-15-21(22)31-5/h8-16,18H,6-7,17H2,1-5H3,(H,26,30)/t18-/m0/s1. The van der Waals surface area contributed by atoms with Gasteiger partial charge in [0.05, 0.1) is 19.2 Å². The first-order chi connectivity index (χ1) is 15.5. The summed E-state index contributed by atoms with van der Waals surface area (Å²) >= 11 is 0. The molecule has 0 bridgehead atoms. The third-order valence-electron chi connectivity index (χ3n) is 5.45. The Morgan fingerprint density at radius 2 is 1.75 bits per heavy atom. The SMILES string of the molecule is CCNC(=O)N(Cc1c(-c2ccccc2)nn(C)c1Oc1ccccc1OC)[C@@H](C)CC. The van der Waals surface area contributed by atoms with E-state index in [0.29, 0.717) is 30.5 Å². The van der Waals surface area contributed by atoms with E-state index in [4.69, 9.17) is 14.6 Å². The molecule has 7 nitrogen and oxygen atoms in total. The van der Waals surface area contributed by atoms with Gasteiger partial charge in [-0.3, -0.25) is 0 Å². The molecule has 2 aromatic carbocycles. The number of methoxy groups -OCH3 is 1. The van der Waals surface area contributed by atoms with Crippen molar-refractivity contribution in [1.29, 1.82) is 0 Å². The number of para-hydroxylation sites is 2. The smallest absolute Gasteiger partial charge is 0.317 e. The van der Waals surface area contributed by atoms with Crippen LogP contribution in [0.3, 0.4) is 0 Å². The zero-order valence-corrected chi connectivity index (χ0v) is 19.5. The highest BCUT2D eigenvalue weighted by Crippen LogP contribution is 2.37. The lowest BCUT2D eigenvalue weighted by Crippen LogP contribution is -2.44. The molecule has 0 aliphatic rings. The highest BCUT2D eigenvalue weighted by atomic mass is 16.5. The van der Waals surface area contributed by atoms with Gasteiger partial charge in [-0.15, -0.1) is 0 Å². The topological polar surface area (TPSA) is 68.6 Å². The lowest BCUT2D eigenvalue weighted by atomic mass is 10.1. The van der Waals surface area contributed by atoms with Crippen molar-refractivity contribution < 1.29 is 14.3 Å². The van der Waals surface area contributed by atoms with Crippen LogP contribution in [0.2, 0.25) is 0 Å². The first-order valence-electron chi connectivity index (χ1n) is 11.0. The Balaban J connectivity index is 2.11. The van der Waals surface area contributed by atoms with E-state index in [-0.39, 0.29) is 12.1 Å². The maximum absolute atomic E-state index is 12.9. The molecule has 0 saturated carbocycles. The van der Waals surface area contributed by atoms with Crippen molar-refractivity contribution in [1.82, 2.24) is 20.0 Å². The van der Waals surface area contributed by atoms with E-state index in [2.05, 4.69) is 19.2 Å². The van der Waals surface area contributed by atoms with Gasteiger partial charge < -0.3 is 19.7 Å². The largest absolute Gasteiger partial charge is 0.493 e.